The maximum atomic E-state index is 5.70. The summed E-state index contributed by atoms with van der Waals surface area (Å²) < 4.78 is 0. The van der Waals surface area contributed by atoms with Crippen LogP contribution in [-0.2, 0) is 0 Å². The van der Waals surface area contributed by atoms with Crippen molar-refractivity contribution in [2.45, 2.75) is 76.5 Å². The Morgan fingerprint density at radius 1 is 1.29 bits per heavy atom. The van der Waals surface area contributed by atoms with Gasteiger partial charge in [0.05, 0.1) is 6.04 Å². The van der Waals surface area contributed by atoms with Gasteiger partial charge < -0.3 is 5.32 Å². The fourth-order valence-corrected chi connectivity index (χ4v) is 3.60. The highest BCUT2D eigenvalue weighted by Crippen LogP contribution is 2.31. The van der Waals surface area contributed by atoms with E-state index in [0.29, 0.717) is 6.04 Å². The van der Waals surface area contributed by atoms with Gasteiger partial charge in [-0.15, -0.1) is 6.42 Å². The van der Waals surface area contributed by atoms with Crippen molar-refractivity contribution in [1.29, 1.82) is 0 Å². The molecule has 2 saturated heterocycles. The van der Waals surface area contributed by atoms with E-state index < -0.39 is 0 Å². The average molecular weight is 234 g/mol. The predicted octanol–water partition coefficient (Wildman–Crippen LogP) is 2.39. The lowest BCUT2D eigenvalue weighted by Gasteiger charge is -2.40. The molecule has 2 nitrogen and oxygen atoms in total. The first-order valence-corrected chi connectivity index (χ1v) is 7.26. The first-order chi connectivity index (χ1) is 8.28. The number of nitrogens with zero attached hydrogens (tertiary/aromatic N) is 1. The number of terminal acetylenes is 1. The molecular weight excluding hydrogens is 208 g/mol. The standard InChI is InChI=1S/C15H26N2/c1-4-9-17(14(5-2)6-3)15-10-12-7-8-13(11-15)16-12/h2,12-16H,4,6-11H2,1,3H3. The van der Waals surface area contributed by atoms with E-state index in [9.17, 15) is 0 Å². The molecule has 0 aromatic heterocycles. The second kappa shape index (κ2) is 5.89. The molecule has 3 unspecified atom stereocenters. The molecule has 3 atom stereocenters. The van der Waals surface area contributed by atoms with E-state index in [2.05, 4.69) is 30.0 Å². The van der Waals surface area contributed by atoms with Gasteiger partial charge in [0.15, 0.2) is 0 Å². The molecule has 2 aliphatic rings. The molecule has 0 saturated carbocycles. The van der Waals surface area contributed by atoms with Gasteiger partial charge in [-0.25, -0.2) is 0 Å². The van der Waals surface area contributed by atoms with Crippen molar-refractivity contribution < 1.29 is 0 Å². The van der Waals surface area contributed by atoms with Gasteiger partial charge in [0.1, 0.15) is 0 Å². The molecule has 2 heteroatoms. The molecule has 0 spiro atoms. The third kappa shape index (κ3) is 2.84. The van der Waals surface area contributed by atoms with Crippen molar-refractivity contribution in [1.82, 2.24) is 10.2 Å². The number of nitrogens with one attached hydrogen (secondary N) is 1. The van der Waals surface area contributed by atoms with E-state index in [1.54, 1.807) is 0 Å². The Bertz CT molecular complexity index is 269. The van der Waals surface area contributed by atoms with Crippen LogP contribution in [0, 0.1) is 12.3 Å². The van der Waals surface area contributed by atoms with Crippen LogP contribution in [0.15, 0.2) is 0 Å². The van der Waals surface area contributed by atoms with Crippen LogP contribution < -0.4 is 5.32 Å². The van der Waals surface area contributed by atoms with Gasteiger partial charge in [0.2, 0.25) is 0 Å². The third-order valence-electron chi connectivity index (χ3n) is 4.38. The lowest BCUT2D eigenvalue weighted by atomic mass is 9.96. The Hall–Kier alpha value is -0.520. The molecule has 2 rings (SSSR count). The fraction of sp³-hybridized carbons (Fsp3) is 0.867. The van der Waals surface area contributed by atoms with Crippen molar-refractivity contribution in [3.8, 4) is 12.3 Å². The quantitative estimate of drug-likeness (QED) is 0.735. The second-order valence-corrected chi connectivity index (χ2v) is 5.59. The van der Waals surface area contributed by atoms with Gasteiger partial charge in [0, 0.05) is 18.1 Å². The Balaban J connectivity index is 2.03. The molecule has 2 aliphatic heterocycles. The Labute approximate surface area is 106 Å². The van der Waals surface area contributed by atoms with E-state index in [4.69, 9.17) is 6.42 Å². The SMILES string of the molecule is C#CC(CC)N(CCC)C1CC2CCC(C1)N2. The lowest BCUT2D eigenvalue weighted by Crippen LogP contribution is -2.51. The van der Waals surface area contributed by atoms with Crippen LogP contribution in [0.25, 0.3) is 0 Å². The van der Waals surface area contributed by atoms with Crippen LogP contribution >= 0.6 is 0 Å². The van der Waals surface area contributed by atoms with Crippen LogP contribution in [0.4, 0.5) is 0 Å². The molecule has 0 amide bonds. The summed E-state index contributed by atoms with van der Waals surface area (Å²) in [6.45, 7) is 5.63. The first kappa shape index (κ1) is 12.9. The number of fused-ring (bicyclic) bond motifs is 2. The van der Waals surface area contributed by atoms with Gasteiger partial charge in [-0.1, -0.05) is 19.8 Å². The minimum atomic E-state index is 0.345. The van der Waals surface area contributed by atoms with E-state index in [1.807, 2.05) is 0 Å². The van der Waals surface area contributed by atoms with Crippen molar-refractivity contribution >= 4 is 0 Å². The summed E-state index contributed by atoms with van der Waals surface area (Å²) in [4.78, 5) is 2.60. The summed E-state index contributed by atoms with van der Waals surface area (Å²) in [6.07, 6.45) is 13.3. The first-order valence-electron chi connectivity index (χ1n) is 7.26. The number of rotatable bonds is 5. The molecule has 0 aromatic rings. The van der Waals surface area contributed by atoms with Gasteiger partial charge in [0.25, 0.3) is 0 Å². The van der Waals surface area contributed by atoms with E-state index in [1.165, 1.54) is 32.1 Å². The summed E-state index contributed by atoms with van der Waals surface area (Å²) in [5.74, 6) is 2.99. The van der Waals surface area contributed by atoms with E-state index >= 15 is 0 Å². The van der Waals surface area contributed by atoms with Gasteiger partial charge >= 0.3 is 0 Å². The Morgan fingerprint density at radius 2 is 1.94 bits per heavy atom. The highest BCUT2D eigenvalue weighted by atomic mass is 15.2. The van der Waals surface area contributed by atoms with Crippen LogP contribution in [0.3, 0.4) is 0 Å². The molecule has 0 aliphatic carbocycles. The number of piperidine rings is 1. The van der Waals surface area contributed by atoms with E-state index in [-0.39, 0.29) is 0 Å². The Kier molecular flexibility index (Phi) is 4.48. The maximum absolute atomic E-state index is 5.70. The smallest absolute Gasteiger partial charge is 0.0711 e. The molecular formula is C15H26N2. The largest absolute Gasteiger partial charge is 0.311 e. The van der Waals surface area contributed by atoms with Gasteiger partial charge in [-0.3, -0.25) is 4.90 Å². The van der Waals surface area contributed by atoms with Crippen molar-refractivity contribution in [3.05, 3.63) is 0 Å². The maximum Gasteiger partial charge on any atom is 0.0711 e. The highest BCUT2D eigenvalue weighted by molar-refractivity contribution is 5.04. The summed E-state index contributed by atoms with van der Waals surface area (Å²) >= 11 is 0. The summed E-state index contributed by atoms with van der Waals surface area (Å²) in [5, 5.41) is 3.71. The van der Waals surface area contributed by atoms with Crippen molar-refractivity contribution in [2.24, 2.45) is 0 Å². The topological polar surface area (TPSA) is 15.3 Å². The van der Waals surface area contributed by atoms with Crippen LogP contribution in [0.2, 0.25) is 0 Å². The minimum Gasteiger partial charge on any atom is -0.311 e. The molecule has 1 N–H and O–H groups in total. The fourth-order valence-electron chi connectivity index (χ4n) is 3.60. The van der Waals surface area contributed by atoms with Gasteiger partial charge in [-0.2, -0.15) is 0 Å². The van der Waals surface area contributed by atoms with Crippen LogP contribution in [-0.4, -0.2) is 35.6 Å². The molecule has 2 bridgehead atoms. The summed E-state index contributed by atoms with van der Waals surface area (Å²) in [5.41, 5.74) is 0. The minimum absolute atomic E-state index is 0.345. The molecule has 0 radical (unpaired) electrons. The van der Waals surface area contributed by atoms with Crippen molar-refractivity contribution in [2.75, 3.05) is 6.54 Å². The predicted molar refractivity (Wildman–Crippen MR) is 72.9 cm³/mol. The lowest BCUT2D eigenvalue weighted by molar-refractivity contribution is 0.115. The van der Waals surface area contributed by atoms with Gasteiger partial charge in [-0.05, 0) is 45.1 Å². The zero-order valence-electron chi connectivity index (χ0n) is 11.3. The van der Waals surface area contributed by atoms with Crippen molar-refractivity contribution in [3.63, 3.8) is 0 Å². The highest BCUT2D eigenvalue weighted by Gasteiger charge is 2.37. The third-order valence-corrected chi connectivity index (χ3v) is 4.38. The zero-order valence-corrected chi connectivity index (χ0v) is 11.3. The zero-order chi connectivity index (χ0) is 12.3. The Morgan fingerprint density at radius 3 is 2.41 bits per heavy atom. The van der Waals surface area contributed by atoms with Crippen LogP contribution in [0.5, 0.6) is 0 Å². The molecule has 17 heavy (non-hydrogen) atoms. The van der Waals surface area contributed by atoms with E-state index in [0.717, 1.165) is 31.1 Å². The summed E-state index contributed by atoms with van der Waals surface area (Å²) in [7, 11) is 0. The summed E-state index contributed by atoms with van der Waals surface area (Å²) in [6, 6.07) is 2.58. The average Bonchev–Trinajstić information content (AvgIpc) is 2.68. The second-order valence-electron chi connectivity index (χ2n) is 5.59. The molecule has 96 valence electrons. The number of hydrogen-bond acceptors (Lipinski definition) is 2. The molecule has 2 heterocycles. The van der Waals surface area contributed by atoms with Crippen LogP contribution in [0.1, 0.15) is 52.4 Å². The normalized spacial score (nSPS) is 33.6. The molecule has 2 fully saturated rings. The number of hydrogen-bond donors (Lipinski definition) is 1. The molecule has 0 aromatic carbocycles. The monoisotopic (exact) mass is 234 g/mol.